The summed E-state index contributed by atoms with van der Waals surface area (Å²) < 4.78 is 5.63. The molecule has 0 heterocycles. The maximum Gasteiger partial charge on any atom is 0.163 e. The van der Waals surface area contributed by atoms with E-state index in [0.29, 0.717) is 24.8 Å². The second-order valence-corrected chi connectivity index (χ2v) is 5.28. The quantitative estimate of drug-likeness (QED) is 0.546. The number of hydrogen-bond acceptors (Lipinski definition) is 2. The smallest absolute Gasteiger partial charge is 0.163 e. The largest absolute Gasteiger partial charge is 0.493 e. The Morgan fingerprint density at radius 2 is 2.11 bits per heavy atom. The average Bonchev–Trinajstić information content (AvgIpc) is 2.33. The van der Waals surface area contributed by atoms with Gasteiger partial charge in [0.25, 0.3) is 0 Å². The molecule has 0 bridgehead atoms. The Kier molecular flexibility index (Phi) is 6.20. The highest BCUT2D eigenvalue weighted by Crippen LogP contribution is 2.19. The van der Waals surface area contributed by atoms with Gasteiger partial charge in [0, 0.05) is 17.9 Å². The van der Waals surface area contributed by atoms with Gasteiger partial charge in [0.1, 0.15) is 5.75 Å². The molecule has 0 saturated carbocycles. The number of aryl methyl sites for hydroxylation is 1. The molecule has 1 rings (SSSR count). The fraction of sp³-hybridized carbons (Fsp3) is 0.533. The van der Waals surface area contributed by atoms with Crippen LogP contribution in [0.25, 0.3) is 0 Å². The third kappa shape index (κ3) is 4.69. The van der Waals surface area contributed by atoms with Crippen LogP contribution in [0.5, 0.6) is 5.75 Å². The van der Waals surface area contributed by atoms with Gasteiger partial charge < -0.3 is 4.74 Å². The number of ketones is 1. The van der Waals surface area contributed by atoms with Gasteiger partial charge in [0.2, 0.25) is 0 Å². The van der Waals surface area contributed by atoms with Crippen LogP contribution in [0.2, 0.25) is 0 Å². The maximum absolute atomic E-state index is 11.9. The zero-order valence-electron chi connectivity index (χ0n) is 11.3. The van der Waals surface area contributed by atoms with Gasteiger partial charge in [-0.15, -0.1) is 11.6 Å². The van der Waals surface area contributed by atoms with Crippen molar-refractivity contribution in [3.8, 4) is 5.75 Å². The minimum Gasteiger partial charge on any atom is -0.493 e. The highest BCUT2D eigenvalue weighted by atomic mass is 35.5. The number of alkyl halides is 1. The lowest BCUT2D eigenvalue weighted by atomic mass is 10.0. The fourth-order valence-corrected chi connectivity index (χ4v) is 1.80. The lowest BCUT2D eigenvalue weighted by Crippen LogP contribution is -2.06. The molecule has 0 amide bonds. The Balaban J connectivity index is 2.70. The van der Waals surface area contributed by atoms with Crippen LogP contribution in [0, 0.1) is 12.8 Å². The van der Waals surface area contributed by atoms with E-state index >= 15 is 0 Å². The van der Waals surface area contributed by atoms with Gasteiger partial charge >= 0.3 is 0 Å². The zero-order chi connectivity index (χ0) is 13.5. The van der Waals surface area contributed by atoms with Crippen molar-refractivity contribution in [1.29, 1.82) is 0 Å². The summed E-state index contributed by atoms with van der Waals surface area (Å²) in [5, 5.41) is 0. The second-order valence-electron chi connectivity index (χ2n) is 4.90. The van der Waals surface area contributed by atoms with Crippen molar-refractivity contribution in [2.75, 3.05) is 12.5 Å². The Labute approximate surface area is 114 Å². The first-order valence-electron chi connectivity index (χ1n) is 6.37. The van der Waals surface area contributed by atoms with Crippen molar-refractivity contribution in [3.05, 3.63) is 29.3 Å². The molecule has 0 fully saturated rings. The number of carbonyl (C=O) groups excluding carboxylic acids is 1. The van der Waals surface area contributed by atoms with Gasteiger partial charge in [-0.3, -0.25) is 4.79 Å². The van der Waals surface area contributed by atoms with Crippen molar-refractivity contribution in [2.45, 2.75) is 33.6 Å². The van der Waals surface area contributed by atoms with Crippen molar-refractivity contribution >= 4 is 17.4 Å². The van der Waals surface area contributed by atoms with E-state index in [0.717, 1.165) is 23.3 Å². The number of benzene rings is 1. The van der Waals surface area contributed by atoms with E-state index in [2.05, 4.69) is 13.8 Å². The first kappa shape index (κ1) is 15.0. The molecule has 0 N–H and O–H groups in total. The summed E-state index contributed by atoms with van der Waals surface area (Å²) in [5.41, 5.74) is 1.74. The highest BCUT2D eigenvalue weighted by molar-refractivity contribution is 6.18. The lowest BCUT2D eigenvalue weighted by molar-refractivity contribution is 0.0981. The molecule has 1 aromatic rings. The number of carbonyl (C=O) groups is 1. The average molecular weight is 269 g/mol. The normalized spacial score (nSPS) is 10.7. The molecule has 0 saturated heterocycles. The van der Waals surface area contributed by atoms with Crippen LogP contribution in [0.1, 0.15) is 42.6 Å². The molecule has 1 aromatic carbocycles. The molecule has 18 heavy (non-hydrogen) atoms. The Bertz CT molecular complexity index is 399. The van der Waals surface area contributed by atoms with E-state index < -0.39 is 0 Å². The van der Waals surface area contributed by atoms with E-state index in [1.54, 1.807) is 0 Å². The van der Waals surface area contributed by atoms with Gasteiger partial charge in [0.05, 0.1) is 6.61 Å². The summed E-state index contributed by atoms with van der Waals surface area (Å²) in [7, 11) is 0. The summed E-state index contributed by atoms with van der Waals surface area (Å²) in [5.74, 6) is 2.01. The third-order valence-electron chi connectivity index (χ3n) is 2.62. The minimum absolute atomic E-state index is 0.156. The number of ether oxygens (including phenoxy) is 1. The van der Waals surface area contributed by atoms with Gasteiger partial charge in [-0.1, -0.05) is 13.8 Å². The molecule has 0 radical (unpaired) electrons. The van der Waals surface area contributed by atoms with Crippen molar-refractivity contribution in [1.82, 2.24) is 0 Å². The van der Waals surface area contributed by atoms with Crippen LogP contribution in [-0.2, 0) is 0 Å². The summed E-state index contributed by atoms with van der Waals surface area (Å²) in [4.78, 5) is 11.9. The first-order valence-corrected chi connectivity index (χ1v) is 6.90. The number of halogens is 1. The molecule has 0 aromatic heterocycles. The molecular weight excluding hydrogens is 248 g/mol. The van der Waals surface area contributed by atoms with Gasteiger partial charge in [-0.2, -0.15) is 0 Å². The number of hydrogen-bond donors (Lipinski definition) is 0. The molecule has 0 aliphatic rings. The summed E-state index contributed by atoms with van der Waals surface area (Å²) in [6.45, 7) is 6.85. The predicted molar refractivity (Wildman–Crippen MR) is 75.8 cm³/mol. The standard InChI is InChI=1S/C15H21ClO2/c1-11(2)10-18-13-6-7-14(12(3)9-13)15(17)5-4-8-16/h6-7,9,11H,4-5,8,10H2,1-3H3. The van der Waals surface area contributed by atoms with E-state index in [4.69, 9.17) is 16.3 Å². The molecule has 0 atom stereocenters. The third-order valence-corrected chi connectivity index (χ3v) is 2.89. The predicted octanol–water partition coefficient (Wildman–Crippen LogP) is 4.23. The SMILES string of the molecule is Cc1cc(OCC(C)C)ccc1C(=O)CCCCl. The Morgan fingerprint density at radius 1 is 1.39 bits per heavy atom. The summed E-state index contributed by atoms with van der Waals surface area (Å²) in [6, 6.07) is 5.64. The van der Waals surface area contributed by atoms with Gasteiger partial charge in [-0.05, 0) is 43.0 Å². The first-order chi connectivity index (χ1) is 8.54. The minimum atomic E-state index is 0.156. The summed E-state index contributed by atoms with van der Waals surface area (Å²) in [6.07, 6.45) is 1.24. The molecule has 100 valence electrons. The van der Waals surface area contributed by atoms with Crippen molar-refractivity contribution in [2.24, 2.45) is 5.92 Å². The molecular formula is C15H21ClO2. The topological polar surface area (TPSA) is 26.3 Å². The van der Waals surface area contributed by atoms with E-state index in [9.17, 15) is 4.79 Å². The van der Waals surface area contributed by atoms with Crippen molar-refractivity contribution < 1.29 is 9.53 Å². The van der Waals surface area contributed by atoms with Crippen LogP contribution in [0.4, 0.5) is 0 Å². The Morgan fingerprint density at radius 3 is 2.67 bits per heavy atom. The van der Waals surface area contributed by atoms with Crippen LogP contribution in [-0.4, -0.2) is 18.3 Å². The van der Waals surface area contributed by atoms with Gasteiger partial charge in [0.15, 0.2) is 5.78 Å². The highest BCUT2D eigenvalue weighted by Gasteiger charge is 2.09. The zero-order valence-corrected chi connectivity index (χ0v) is 12.1. The Hall–Kier alpha value is -1.02. The number of rotatable bonds is 7. The van der Waals surface area contributed by atoms with Crippen LogP contribution in [0.3, 0.4) is 0 Å². The molecule has 0 spiro atoms. The monoisotopic (exact) mass is 268 g/mol. The van der Waals surface area contributed by atoms with Gasteiger partial charge in [-0.25, -0.2) is 0 Å². The lowest BCUT2D eigenvalue weighted by Gasteiger charge is -2.11. The van der Waals surface area contributed by atoms with Crippen molar-refractivity contribution in [3.63, 3.8) is 0 Å². The van der Waals surface area contributed by atoms with Crippen LogP contribution in [0.15, 0.2) is 18.2 Å². The van der Waals surface area contributed by atoms with E-state index in [1.807, 2.05) is 25.1 Å². The van der Waals surface area contributed by atoms with E-state index in [1.165, 1.54) is 0 Å². The summed E-state index contributed by atoms with van der Waals surface area (Å²) >= 11 is 5.60. The van der Waals surface area contributed by atoms with E-state index in [-0.39, 0.29) is 5.78 Å². The molecule has 2 nitrogen and oxygen atoms in total. The maximum atomic E-state index is 11.9. The second kappa shape index (κ2) is 7.42. The number of Topliss-reactive ketones (excluding diaryl/α,β-unsaturated/α-hetero) is 1. The van der Waals surface area contributed by atoms with Crippen LogP contribution < -0.4 is 4.74 Å². The molecule has 0 aliphatic heterocycles. The van der Waals surface area contributed by atoms with Crippen LogP contribution >= 0.6 is 11.6 Å². The fourth-order valence-electron chi connectivity index (χ4n) is 1.66. The molecule has 3 heteroatoms. The molecule has 0 unspecified atom stereocenters. The molecule has 0 aliphatic carbocycles.